The Bertz CT molecular complexity index is 2210. The summed E-state index contributed by atoms with van der Waals surface area (Å²) in [5, 5.41) is 19.4. The van der Waals surface area contributed by atoms with Gasteiger partial charge in [0.25, 0.3) is 20.2 Å². The van der Waals surface area contributed by atoms with Crippen molar-refractivity contribution in [2.75, 3.05) is 18.0 Å². The lowest BCUT2D eigenvalue weighted by Gasteiger charge is -2.27. The van der Waals surface area contributed by atoms with Crippen molar-refractivity contribution >= 4 is 60.9 Å². The topological polar surface area (TPSA) is 190 Å². The van der Waals surface area contributed by atoms with Gasteiger partial charge in [0.2, 0.25) is 5.69 Å². The fourth-order valence-electron chi connectivity index (χ4n) is 7.09. The van der Waals surface area contributed by atoms with E-state index in [4.69, 9.17) is 11.6 Å². The Morgan fingerprint density at radius 3 is 2.06 bits per heavy atom. The molecule has 15 heteroatoms. The Labute approximate surface area is 302 Å². The van der Waals surface area contributed by atoms with Crippen molar-refractivity contribution in [3.05, 3.63) is 93.7 Å². The van der Waals surface area contributed by atoms with Crippen LogP contribution in [0.2, 0.25) is 0 Å². The maximum absolute atomic E-state index is 11.9. The molecule has 0 spiro atoms. The molecule has 0 radical (unpaired) electrons. The zero-order valence-electron chi connectivity index (χ0n) is 28.6. The Hall–Kier alpha value is -4.08. The number of aliphatic carboxylic acids is 2. The predicted molar refractivity (Wildman–Crippen MR) is 192 cm³/mol. The average Bonchev–Trinajstić information content (AvgIpc) is 3.38. The number of nitrogens with zero attached hydrogens (tertiary/aromatic N) is 2. The number of carboxylic acids is 2. The smallest absolute Gasteiger partial charge is 0.309 e. The highest BCUT2D eigenvalue weighted by atomic mass is 35.5. The van der Waals surface area contributed by atoms with Gasteiger partial charge < -0.3 is 15.1 Å². The van der Waals surface area contributed by atoms with E-state index in [1.54, 1.807) is 12.1 Å². The van der Waals surface area contributed by atoms with Gasteiger partial charge in [0.15, 0.2) is 12.3 Å². The van der Waals surface area contributed by atoms with E-state index < -0.39 is 43.0 Å². The highest BCUT2D eigenvalue weighted by molar-refractivity contribution is 7.86. The van der Waals surface area contributed by atoms with E-state index in [9.17, 15) is 45.7 Å². The van der Waals surface area contributed by atoms with Crippen LogP contribution in [0.15, 0.2) is 92.4 Å². The first-order valence-electron chi connectivity index (χ1n) is 16.2. The lowest BCUT2D eigenvalue weighted by atomic mass is 9.81. The molecule has 0 atom stereocenters. The summed E-state index contributed by atoms with van der Waals surface area (Å²) in [6.45, 7) is 7.83. The maximum Gasteiger partial charge on any atom is 0.309 e. The predicted octanol–water partition coefficient (Wildman–Crippen LogP) is 6.35. The number of hydrogen-bond acceptors (Lipinski definition) is 7. The Morgan fingerprint density at radius 2 is 1.45 bits per heavy atom. The molecule has 3 aliphatic rings. The van der Waals surface area contributed by atoms with E-state index in [0.717, 1.165) is 29.0 Å². The van der Waals surface area contributed by atoms with Gasteiger partial charge in [-0.05, 0) is 86.2 Å². The normalized spacial score (nSPS) is 20.1. The molecule has 0 saturated carbocycles. The van der Waals surface area contributed by atoms with Crippen LogP contribution in [0.1, 0.15) is 70.9 Å². The highest BCUT2D eigenvalue weighted by Crippen LogP contribution is 2.49. The zero-order valence-corrected chi connectivity index (χ0v) is 30.9. The number of halogens is 1. The van der Waals surface area contributed by atoms with Crippen LogP contribution in [0.5, 0.6) is 0 Å². The molecule has 0 bridgehead atoms. The lowest BCUT2D eigenvalue weighted by Crippen LogP contribution is -2.28. The number of carbonyl (C=O) groups is 2. The third kappa shape index (κ3) is 7.61. The van der Waals surface area contributed by atoms with Crippen LogP contribution in [-0.4, -0.2) is 71.5 Å². The maximum atomic E-state index is 11.9. The monoisotopic (exact) mass is 759 g/mol. The molecule has 0 fully saturated rings. The number of fused-ring (bicyclic) bond motifs is 2. The van der Waals surface area contributed by atoms with Crippen molar-refractivity contribution < 1.29 is 50.3 Å². The van der Waals surface area contributed by atoms with Crippen molar-refractivity contribution in [1.82, 2.24) is 0 Å². The lowest BCUT2D eigenvalue weighted by molar-refractivity contribution is -0.436. The van der Waals surface area contributed by atoms with Gasteiger partial charge >= 0.3 is 11.9 Å². The molecule has 0 unspecified atom stereocenters. The van der Waals surface area contributed by atoms with Gasteiger partial charge in [-0.3, -0.25) is 18.7 Å². The van der Waals surface area contributed by atoms with E-state index in [1.807, 2.05) is 61.5 Å². The molecule has 1 aliphatic carbocycles. The van der Waals surface area contributed by atoms with E-state index in [0.29, 0.717) is 40.4 Å². The summed E-state index contributed by atoms with van der Waals surface area (Å²) in [7, 11) is -8.94. The SMILES string of the molecule is CC1(C)C(/C=C/C2=C(Cl)C(=C/C=C3/N(CCC(=O)O)c4ccc(S(=O)(=O)O)cc4C3(C)C)/CCC2)=[N+](CCC(=O)O)c2ccc(S(=O)(=O)O)cc21. The van der Waals surface area contributed by atoms with Crippen LogP contribution in [0.4, 0.5) is 11.4 Å². The van der Waals surface area contributed by atoms with Crippen LogP contribution in [0, 0.1) is 0 Å². The van der Waals surface area contributed by atoms with E-state index >= 15 is 0 Å². The second-order valence-electron chi connectivity index (χ2n) is 13.8. The van der Waals surface area contributed by atoms with Crippen LogP contribution in [0.3, 0.4) is 0 Å². The first-order chi connectivity index (χ1) is 23.6. The van der Waals surface area contributed by atoms with Crippen LogP contribution in [0.25, 0.3) is 0 Å². The first kappa shape index (κ1) is 38.2. The summed E-state index contributed by atoms with van der Waals surface area (Å²) in [5.74, 6) is -1.98. The largest absolute Gasteiger partial charge is 0.481 e. The van der Waals surface area contributed by atoms with E-state index in [1.165, 1.54) is 24.3 Å². The quantitative estimate of drug-likeness (QED) is 0.148. The number of benzene rings is 2. The third-order valence-corrected chi connectivity index (χ3v) is 11.9. The Morgan fingerprint density at radius 1 is 0.843 bits per heavy atom. The standard InChI is InChI=1S/C36H39ClN2O10S2/c1-35(2)26-20-24(50(44,45)46)10-12-28(26)38(18-16-32(40)41)30(35)14-8-22-6-5-7-23(34(22)37)9-15-31-36(3,4)27-21-25(51(47,48)49)11-13-29(27)39(31)19-17-33(42)43/h8-15,20-21H,5-7,16-19H2,1-4H3,(H3-,40,41,42,43,44,45,46,47,48,49)/p+1. The Balaban J connectivity index is 1.54. The van der Waals surface area contributed by atoms with Gasteiger partial charge in [-0.2, -0.15) is 21.4 Å². The van der Waals surface area contributed by atoms with E-state index in [2.05, 4.69) is 0 Å². The molecular formula is C36H40ClN2O10S2+. The van der Waals surface area contributed by atoms with Crippen LogP contribution >= 0.6 is 11.6 Å². The van der Waals surface area contributed by atoms with Gasteiger partial charge in [-0.15, -0.1) is 0 Å². The molecule has 0 saturated heterocycles. The summed E-state index contributed by atoms with van der Waals surface area (Å²) < 4.78 is 69.0. The zero-order chi connectivity index (χ0) is 37.7. The molecule has 2 heterocycles. The molecule has 5 rings (SSSR count). The molecule has 2 aromatic carbocycles. The van der Waals surface area contributed by atoms with Crippen molar-refractivity contribution in [3.8, 4) is 0 Å². The molecule has 12 nitrogen and oxygen atoms in total. The van der Waals surface area contributed by atoms with Gasteiger partial charge in [-0.1, -0.05) is 37.6 Å². The second-order valence-corrected chi connectivity index (χ2v) is 17.0. The number of carboxylic acid groups (broad SMARTS) is 2. The highest BCUT2D eigenvalue weighted by Gasteiger charge is 2.45. The van der Waals surface area contributed by atoms with Gasteiger partial charge in [0.1, 0.15) is 6.42 Å². The van der Waals surface area contributed by atoms with Crippen molar-refractivity contribution in [1.29, 1.82) is 0 Å². The van der Waals surface area contributed by atoms with Crippen molar-refractivity contribution in [3.63, 3.8) is 0 Å². The van der Waals surface area contributed by atoms with Gasteiger partial charge in [-0.25, -0.2) is 0 Å². The van der Waals surface area contributed by atoms with Crippen LogP contribution < -0.4 is 4.90 Å². The molecule has 2 aromatic rings. The number of hydrogen-bond donors (Lipinski definition) is 4. The minimum atomic E-state index is -4.47. The second kappa shape index (κ2) is 13.8. The first-order valence-corrected chi connectivity index (χ1v) is 19.5. The summed E-state index contributed by atoms with van der Waals surface area (Å²) in [5.41, 5.74) is 4.12. The van der Waals surface area contributed by atoms with E-state index in [-0.39, 0.29) is 35.7 Å². The molecule has 272 valence electrons. The molecule has 0 aromatic heterocycles. The number of rotatable bonds is 11. The minimum absolute atomic E-state index is 0.129. The Kier molecular flexibility index (Phi) is 10.3. The molecule has 0 amide bonds. The number of allylic oxidation sites excluding steroid dienone is 8. The fourth-order valence-corrected chi connectivity index (χ4v) is 8.42. The number of anilines is 1. The summed E-state index contributed by atoms with van der Waals surface area (Å²) >= 11 is 7.01. The summed E-state index contributed by atoms with van der Waals surface area (Å²) in [6.07, 6.45) is 9.25. The molecule has 2 aliphatic heterocycles. The molecule has 51 heavy (non-hydrogen) atoms. The molecule has 4 N–H and O–H groups in total. The summed E-state index contributed by atoms with van der Waals surface area (Å²) in [4.78, 5) is 24.4. The van der Waals surface area contributed by atoms with Crippen LogP contribution in [-0.2, 0) is 40.7 Å². The van der Waals surface area contributed by atoms with Gasteiger partial charge in [0, 0.05) is 46.1 Å². The van der Waals surface area contributed by atoms with Crippen molar-refractivity contribution in [2.45, 2.75) is 80.4 Å². The minimum Gasteiger partial charge on any atom is -0.481 e. The van der Waals surface area contributed by atoms with Gasteiger partial charge in [0.05, 0.1) is 21.6 Å². The summed E-state index contributed by atoms with van der Waals surface area (Å²) in [6, 6.07) is 8.53. The van der Waals surface area contributed by atoms with Crippen molar-refractivity contribution in [2.24, 2.45) is 0 Å². The fraction of sp³-hybridized carbons (Fsp3) is 0.361. The molecular weight excluding hydrogens is 720 g/mol. The average molecular weight is 760 g/mol. The third-order valence-electron chi connectivity index (χ3n) is 9.76.